The summed E-state index contributed by atoms with van der Waals surface area (Å²) in [5.41, 5.74) is 0.630. The highest BCUT2D eigenvalue weighted by atomic mass is 32.2. The molecule has 0 unspecified atom stereocenters. The Morgan fingerprint density at radius 1 is 1.26 bits per heavy atom. The molecule has 27 heavy (non-hydrogen) atoms. The fraction of sp³-hybridized carbons (Fsp3) is 0.235. The Kier molecular flexibility index (Phi) is 4.49. The number of aromatic nitrogens is 1. The summed E-state index contributed by atoms with van der Waals surface area (Å²) in [6, 6.07) is 8.28. The standard InChI is InChI=1S/C17H15N3O4S3/c1-27(23,24)11-4-5-12-14(7-11)26-17(18-12)19-15(21)10-8-20(9-10)16(22)13-3-2-6-25-13/h2-7,10H,8-9H2,1H3,(H,18,19,21). The molecule has 3 heterocycles. The molecule has 2 amide bonds. The molecule has 1 aliphatic heterocycles. The average molecular weight is 422 g/mol. The molecule has 140 valence electrons. The van der Waals surface area contributed by atoms with Gasteiger partial charge in [0.1, 0.15) is 0 Å². The number of thiophene rings is 1. The van der Waals surface area contributed by atoms with E-state index in [-0.39, 0.29) is 22.6 Å². The number of carbonyl (C=O) groups excluding carboxylic acids is 2. The highest BCUT2D eigenvalue weighted by molar-refractivity contribution is 7.90. The molecule has 0 radical (unpaired) electrons. The van der Waals surface area contributed by atoms with Crippen molar-refractivity contribution in [1.82, 2.24) is 9.88 Å². The van der Waals surface area contributed by atoms with E-state index in [1.54, 1.807) is 23.1 Å². The Balaban J connectivity index is 1.41. The van der Waals surface area contributed by atoms with E-state index in [2.05, 4.69) is 10.3 Å². The quantitative estimate of drug-likeness (QED) is 0.698. The third-order valence-electron chi connectivity index (χ3n) is 4.29. The molecule has 0 aliphatic carbocycles. The Hall–Kier alpha value is -2.30. The van der Waals surface area contributed by atoms with Crippen molar-refractivity contribution in [3.8, 4) is 0 Å². The molecule has 1 fully saturated rings. The fourth-order valence-electron chi connectivity index (χ4n) is 2.76. The molecule has 2 aromatic heterocycles. The summed E-state index contributed by atoms with van der Waals surface area (Å²) in [4.78, 5) is 31.4. The second-order valence-electron chi connectivity index (χ2n) is 6.29. The summed E-state index contributed by atoms with van der Waals surface area (Å²) in [6.07, 6.45) is 1.15. The number of thiazole rings is 1. The predicted octanol–water partition coefficient (Wildman–Crippen LogP) is 2.47. The molecule has 0 saturated carbocycles. The molecule has 10 heteroatoms. The van der Waals surface area contributed by atoms with E-state index in [4.69, 9.17) is 0 Å². The largest absolute Gasteiger partial charge is 0.336 e. The first-order valence-corrected chi connectivity index (χ1v) is 11.6. The summed E-state index contributed by atoms with van der Waals surface area (Å²) in [6.45, 7) is 0.761. The summed E-state index contributed by atoms with van der Waals surface area (Å²) in [5, 5.41) is 5.04. The van der Waals surface area contributed by atoms with E-state index in [0.717, 1.165) is 6.26 Å². The van der Waals surface area contributed by atoms with Crippen LogP contribution in [0.2, 0.25) is 0 Å². The highest BCUT2D eigenvalue weighted by Crippen LogP contribution is 2.29. The zero-order chi connectivity index (χ0) is 19.2. The lowest BCUT2D eigenvalue weighted by atomic mass is 9.99. The number of benzene rings is 1. The molecule has 1 N–H and O–H groups in total. The van der Waals surface area contributed by atoms with Gasteiger partial charge in [0.15, 0.2) is 15.0 Å². The molecule has 3 aromatic rings. The second-order valence-corrected chi connectivity index (χ2v) is 10.3. The molecule has 1 saturated heterocycles. The van der Waals surface area contributed by atoms with Gasteiger partial charge in [-0.2, -0.15) is 0 Å². The van der Waals surface area contributed by atoms with Crippen molar-refractivity contribution in [3.63, 3.8) is 0 Å². The lowest BCUT2D eigenvalue weighted by Crippen LogP contribution is -2.54. The number of amides is 2. The van der Waals surface area contributed by atoms with E-state index in [1.165, 1.54) is 28.7 Å². The number of likely N-dealkylation sites (tertiary alicyclic amines) is 1. The number of sulfone groups is 1. The maximum absolute atomic E-state index is 12.4. The number of hydrogen-bond acceptors (Lipinski definition) is 7. The average Bonchev–Trinajstić information content (AvgIpc) is 3.20. The molecule has 1 aromatic carbocycles. The van der Waals surface area contributed by atoms with Gasteiger partial charge in [-0.25, -0.2) is 13.4 Å². The van der Waals surface area contributed by atoms with Gasteiger partial charge >= 0.3 is 0 Å². The SMILES string of the molecule is CS(=O)(=O)c1ccc2nc(NC(=O)C3CN(C(=O)c4cccs4)C3)sc2c1. The minimum Gasteiger partial charge on any atom is -0.336 e. The van der Waals surface area contributed by atoms with Crippen LogP contribution in [0.25, 0.3) is 10.2 Å². The highest BCUT2D eigenvalue weighted by Gasteiger charge is 2.36. The number of nitrogens with zero attached hydrogens (tertiary/aromatic N) is 2. The maximum Gasteiger partial charge on any atom is 0.263 e. The third kappa shape index (κ3) is 3.60. The van der Waals surface area contributed by atoms with Crippen molar-refractivity contribution in [2.75, 3.05) is 24.7 Å². The normalized spacial score (nSPS) is 14.9. The van der Waals surface area contributed by atoms with Crippen LogP contribution in [0.1, 0.15) is 9.67 Å². The lowest BCUT2D eigenvalue weighted by molar-refractivity contribution is -0.123. The lowest BCUT2D eigenvalue weighted by Gasteiger charge is -2.37. The zero-order valence-electron chi connectivity index (χ0n) is 14.2. The summed E-state index contributed by atoms with van der Waals surface area (Å²) in [7, 11) is -3.29. The van der Waals surface area contributed by atoms with Crippen LogP contribution in [0.15, 0.2) is 40.6 Å². The number of fused-ring (bicyclic) bond motifs is 1. The van der Waals surface area contributed by atoms with E-state index >= 15 is 0 Å². The van der Waals surface area contributed by atoms with Crippen molar-refractivity contribution in [2.24, 2.45) is 5.92 Å². The van der Waals surface area contributed by atoms with Crippen LogP contribution in [0.5, 0.6) is 0 Å². The monoisotopic (exact) mass is 421 g/mol. The number of rotatable bonds is 4. The van der Waals surface area contributed by atoms with Gasteiger partial charge in [-0.1, -0.05) is 17.4 Å². The molecule has 0 bridgehead atoms. The van der Waals surface area contributed by atoms with Gasteiger partial charge in [-0.3, -0.25) is 9.59 Å². The van der Waals surface area contributed by atoms with E-state index < -0.39 is 9.84 Å². The van der Waals surface area contributed by atoms with Gasteiger partial charge in [0.25, 0.3) is 5.91 Å². The second kappa shape index (κ2) is 6.70. The van der Waals surface area contributed by atoms with Crippen LogP contribution in [0.4, 0.5) is 5.13 Å². The van der Waals surface area contributed by atoms with Gasteiger partial charge in [-0.15, -0.1) is 11.3 Å². The third-order valence-corrected chi connectivity index (χ3v) is 7.19. The number of hydrogen-bond donors (Lipinski definition) is 1. The van der Waals surface area contributed by atoms with Crippen LogP contribution >= 0.6 is 22.7 Å². The van der Waals surface area contributed by atoms with Crippen molar-refractivity contribution in [3.05, 3.63) is 40.6 Å². The Morgan fingerprint density at radius 2 is 2.04 bits per heavy atom. The smallest absolute Gasteiger partial charge is 0.263 e. The van der Waals surface area contributed by atoms with Crippen molar-refractivity contribution in [2.45, 2.75) is 4.90 Å². The molecule has 7 nitrogen and oxygen atoms in total. The van der Waals surface area contributed by atoms with E-state index in [1.807, 2.05) is 11.4 Å². The minimum absolute atomic E-state index is 0.0534. The zero-order valence-corrected chi connectivity index (χ0v) is 16.7. The Bertz CT molecular complexity index is 1130. The summed E-state index contributed by atoms with van der Waals surface area (Å²) < 4.78 is 24.0. The minimum atomic E-state index is -3.29. The fourth-order valence-corrected chi connectivity index (χ4v) is 5.08. The van der Waals surface area contributed by atoms with Gasteiger partial charge in [0, 0.05) is 19.3 Å². The number of carbonyl (C=O) groups is 2. The summed E-state index contributed by atoms with van der Waals surface area (Å²) in [5.74, 6) is -0.512. The topological polar surface area (TPSA) is 96.4 Å². The molecular formula is C17H15N3O4S3. The van der Waals surface area contributed by atoms with Gasteiger partial charge in [-0.05, 0) is 29.6 Å². The van der Waals surface area contributed by atoms with E-state index in [9.17, 15) is 18.0 Å². The van der Waals surface area contributed by atoms with Crippen LogP contribution in [-0.2, 0) is 14.6 Å². The van der Waals surface area contributed by atoms with E-state index in [0.29, 0.717) is 33.3 Å². The molecule has 0 spiro atoms. The summed E-state index contributed by atoms with van der Waals surface area (Å²) >= 11 is 2.61. The van der Waals surface area contributed by atoms with Crippen molar-refractivity contribution >= 4 is 59.7 Å². The predicted molar refractivity (Wildman–Crippen MR) is 105 cm³/mol. The van der Waals surface area contributed by atoms with Crippen LogP contribution in [-0.4, -0.2) is 49.5 Å². The first-order valence-electron chi connectivity index (χ1n) is 8.05. The number of anilines is 1. The Morgan fingerprint density at radius 3 is 2.70 bits per heavy atom. The molecular weight excluding hydrogens is 406 g/mol. The maximum atomic E-state index is 12.4. The van der Waals surface area contributed by atoms with Gasteiger partial charge in [0.05, 0.1) is 25.9 Å². The first-order chi connectivity index (χ1) is 12.8. The Labute approximate surface area is 163 Å². The van der Waals surface area contributed by atoms with Crippen LogP contribution < -0.4 is 5.32 Å². The van der Waals surface area contributed by atoms with Crippen LogP contribution in [0, 0.1) is 5.92 Å². The van der Waals surface area contributed by atoms with Crippen molar-refractivity contribution in [1.29, 1.82) is 0 Å². The molecule has 4 rings (SSSR count). The molecule has 1 aliphatic rings. The van der Waals surface area contributed by atoms with Crippen molar-refractivity contribution < 1.29 is 18.0 Å². The molecule has 0 atom stereocenters. The van der Waals surface area contributed by atoms with Gasteiger partial charge < -0.3 is 10.2 Å². The van der Waals surface area contributed by atoms with Crippen LogP contribution in [0.3, 0.4) is 0 Å². The van der Waals surface area contributed by atoms with Gasteiger partial charge in [0.2, 0.25) is 5.91 Å². The number of nitrogens with one attached hydrogen (secondary N) is 1. The first kappa shape index (κ1) is 18.1.